The number of carbonyl (C=O) groups excluding carboxylic acids is 1. The molecule has 3 nitrogen and oxygen atoms in total. The van der Waals surface area contributed by atoms with E-state index < -0.39 is 18.7 Å². The molecule has 0 aliphatic carbocycles. The smallest absolute Gasteiger partial charge is 0.310 e. The van der Waals surface area contributed by atoms with E-state index in [0.717, 1.165) is 0 Å². The summed E-state index contributed by atoms with van der Waals surface area (Å²) in [4.78, 5) is 22.0. The van der Waals surface area contributed by atoms with E-state index in [1.54, 1.807) is 0 Å². The van der Waals surface area contributed by atoms with Crippen LogP contribution in [0, 0.1) is 0 Å². The molecule has 3 heteroatoms. The van der Waals surface area contributed by atoms with Gasteiger partial charge in [0.2, 0.25) is 0 Å². The van der Waals surface area contributed by atoms with Gasteiger partial charge in [-0.2, -0.15) is 0 Å². The van der Waals surface area contributed by atoms with Gasteiger partial charge in [-0.15, -0.1) is 0 Å². The lowest BCUT2D eigenvalue weighted by Crippen LogP contribution is -2.07. The number of aliphatic carboxylic acids is 1. The molecule has 1 aromatic rings. The third kappa shape index (κ3) is 2.19. The highest BCUT2D eigenvalue weighted by atomic mass is 16.4. The number of ketones is 1. The molecule has 0 aliphatic heterocycles. The van der Waals surface area contributed by atoms with Crippen LogP contribution < -0.4 is 0 Å². The first-order valence-corrected chi connectivity index (χ1v) is 4.07. The number of carboxylic acid groups (broad SMARTS) is 1. The summed E-state index contributed by atoms with van der Waals surface area (Å²) in [5.74, 6) is -3.12. The van der Waals surface area contributed by atoms with Gasteiger partial charge in [0.25, 0.3) is 0 Å². The predicted molar refractivity (Wildman–Crippen MR) is 52.5 cm³/mol. The Bertz CT molecular complexity index is 434. The molecule has 1 unspecified atom stereocenters. The summed E-state index contributed by atoms with van der Waals surface area (Å²) >= 11 is 0. The van der Waals surface area contributed by atoms with E-state index in [4.69, 9.17) is 9.22 Å². The molecule has 0 saturated heterocycles. The van der Waals surface area contributed by atoms with Crippen LogP contribution in [-0.4, -0.2) is 16.9 Å². The minimum atomic E-state index is -2.61. The molecule has 1 aromatic carbocycles. The summed E-state index contributed by atoms with van der Waals surface area (Å²) in [6.07, 6.45) is 0. The van der Waals surface area contributed by atoms with Crippen molar-refractivity contribution in [3.05, 3.63) is 35.4 Å². The minimum Gasteiger partial charge on any atom is -0.481 e. The second-order valence-electron chi connectivity index (χ2n) is 2.95. The molecular weight excluding hydrogens is 180 g/mol. The molecule has 74 valence electrons. The SMILES string of the molecule is [2H]C([2H])([2H])C(C(=O)O)c1ccc(C(C)=O)cc1. The van der Waals surface area contributed by atoms with Crippen molar-refractivity contribution in [3.8, 4) is 0 Å². The van der Waals surface area contributed by atoms with Gasteiger partial charge >= 0.3 is 5.97 Å². The molecule has 0 bridgehead atoms. The van der Waals surface area contributed by atoms with E-state index in [0.29, 0.717) is 5.56 Å². The summed E-state index contributed by atoms with van der Waals surface area (Å²) in [6.45, 7) is -1.23. The van der Waals surface area contributed by atoms with E-state index in [2.05, 4.69) is 0 Å². The summed E-state index contributed by atoms with van der Waals surface area (Å²) in [5, 5.41) is 8.91. The molecule has 0 radical (unpaired) electrons. The van der Waals surface area contributed by atoms with Crippen LogP contribution in [0.1, 0.15) is 39.7 Å². The van der Waals surface area contributed by atoms with Crippen LogP contribution in [0.15, 0.2) is 24.3 Å². The van der Waals surface area contributed by atoms with E-state index in [9.17, 15) is 9.59 Å². The van der Waals surface area contributed by atoms with Crippen molar-refractivity contribution < 1.29 is 18.8 Å². The topological polar surface area (TPSA) is 54.4 Å². The fourth-order valence-corrected chi connectivity index (χ4v) is 1.05. The van der Waals surface area contributed by atoms with E-state index in [1.165, 1.54) is 31.2 Å². The Morgan fingerprint density at radius 3 is 2.29 bits per heavy atom. The Morgan fingerprint density at radius 2 is 1.93 bits per heavy atom. The molecule has 1 rings (SSSR count). The Balaban J connectivity index is 3.13. The Kier molecular flexibility index (Phi) is 1.95. The maximum absolute atomic E-state index is 11.0. The summed E-state index contributed by atoms with van der Waals surface area (Å²) in [7, 11) is 0. The van der Waals surface area contributed by atoms with Gasteiger partial charge in [-0.25, -0.2) is 0 Å². The molecule has 0 aromatic heterocycles. The number of hydrogen-bond acceptors (Lipinski definition) is 2. The van der Waals surface area contributed by atoms with Crippen molar-refractivity contribution in [2.75, 3.05) is 0 Å². The van der Waals surface area contributed by atoms with Crippen molar-refractivity contribution in [2.24, 2.45) is 0 Å². The first-order chi connectivity index (χ1) is 7.73. The van der Waals surface area contributed by atoms with Gasteiger partial charge in [0.05, 0.1) is 5.92 Å². The van der Waals surface area contributed by atoms with E-state index in [1.807, 2.05) is 0 Å². The van der Waals surface area contributed by atoms with Crippen molar-refractivity contribution in [2.45, 2.75) is 19.7 Å². The lowest BCUT2D eigenvalue weighted by molar-refractivity contribution is -0.138. The number of benzene rings is 1. The fraction of sp³-hybridized carbons (Fsp3) is 0.273. The number of hydrogen-bond donors (Lipinski definition) is 1. The molecule has 0 saturated carbocycles. The Labute approximate surface area is 86.6 Å². The second kappa shape index (κ2) is 4.05. The first kappa shape index (κ1) is 6.76. The van der Waals surface area contributed by atoms with Crippen molar-refractivity contribution >= 4 is 11.8 Å². The van der Waals surface area contributed by atoms with Gasteiger partial charge < -0.3 is 5.11 Å². The maximum Gasteiger partial charge on any atom is 0.310 e. The monoisotopic (exact) mass is 195 g/mol. The van der Waals surface area contributed by atoms with Gasteiger partial charge in [0.15, 0.2) is 5.78 Å². The molecule has 0 spiro atoms. The predicted octanol–water partition coefficient (Wildman–Crippen LogP) is 2.08. The average Bonchev–Trinajstić information content (AvgIpc) is 2.15. The molecule has 0 heterocycles. The molecule has 1 atom stereocenters. The minimum absolute atomic E-state index is 0.155. The lowest BCUT2D eigenvalue weighted by atomic mass is 9.99. The van der Waals surface area contributed by atoms with Gasteiger partial charge in [-0.05, 0) is 19.3 Å². The van der Waals surface area contributed by atoms with Crippen LogP contribution >= 0.6 is 0 Å². The maximum atomic E-state index is 11.0. The largest absolute Gasteiger partial charge is 0.481 e. The van der Waals surface area contributed by atoms with Gasteiger partial charge in [-0.1, -0.05) is 24.3 Å². The normalized spacial score (nSPS) is 16.2. The third-order valence-electron chi connectivity index (χ3n) is 1.90. The molecule has 0 fully saturated rings. The van der Waals surface area contributed by atoms with Gasteiger partial charge in [-0.3, -0.25) is 9.59 Å². The number of carboxylic acids is 1. The van der Waals surface area contributed by atoms with Crippen LogP contribution in [-0.2, 0) is 4.79 Å². The van der Waals surface area contributed by atoms with Crippen LogP contribution in [0.2, 0.25) is 0 Å². The van der Waals surface area contributed by atoms with Crippen LogP contribution in [0.3, 0.4) is 0 Å². The molecule has 0 aliphatic rings. The summed E-state index contributed by atoms with van der Waals surface area (Å²) in [5.41, 5.74) is 0.589. The highest BCUT2D eigenvalue weighted by Crippen LogP contribution is 2.16. The van der Waals surface area contributed by atoms with Crippen molar-refractivity contribution in [1.29, 1.82) is 0 Å². The van der Waals surface area contributed by atoms with Crippen LogP contribution in [0.4, 0.5) is 0 Å². The summed E-state index contributed by atoms with van der Waals surface area (Å²) < 4.78 is 21.5. The zero-order valence-corrected chi connectivity index (χ0v) is 7.65. The molecular formula is C11H12O3. The third-order valence-corrected chi connectivity index (χ3v) is 1.90. The molecule has 0 amide bonds. The zero-order valence-electron chi connectivity index (χ0n) is 10.7. The second-order valence-corrected chi connectivity index (χ2v) is 2.95. The van der Waals surface area contributed by atoms with Crippen LogP contribution in [0.25, 0.3) is 0 Å². The Hall–Kier alpha value is -1.64. The van der Waals surface area contributed by atoms with Gasteiger partial charge in [0.1, 0.15) is 0 Å². The molecule has 14 heavy (non-hydrogen) atoms. The quantitative estimate of drug-likeness (QED) is 0.751. The highest BCUT2D eigenvalue weighted by Gasteiger charge is 2.13. The van der Waals surface area contributed by atoms with Gasteiger partial charge in [0, 0.05) is 9.68 Å². The van der Waals surface area contributed by atoms with Crippen molar-refractivity contribution in [3.63, 3.8) is 0 Å². The Morgan fingerprint density at radius 1 is 1.36 bits per heavy atom. The first-order valence-electron chi connectivity index (χ1n) is 5.57. The van der Waals surface area contributed by atoms with Crippen LogP contribution in [0.5, 0.6) is 0 Å². The van der Waals surface area contributed by atoms with E-state index in [-0.39, 0.29) is 11.3 Å². The molecule has 1 N–H and O–H groups in total. The average molecular weight is 195 g/mol. The van der Waals surface area contributed by atoms with E-state index >= 15 is 0 Å². The summed E-state index contributed by atoms with van der Waals surface area (Å²) in [6, 6.07) is 5.59. The fourth-order valence-electron chi connectivity index (χ4n) is 1.05. The number of Topliss-reactive ketones (excluding diaryl/α,β-unsaturated/α-hetero) is 1. The lowest BCUT2D eigenvalue weighted by Gasteiger charge is -2.06. The number of rotatable bonds is 3. The zero-order chi connectivity index (χ0) is 13.2. The van der Waals surface area contributed by atoms with Crippen molar-refractivity contribution in [1.82, 2.24) is 0 Å². The number of carbonyl (C=O) groups is 2. The highest BCUT2D eigenvalue weighted by molar-refractivity contribution is 5.94. The standard InChI is InChI=1S/C11H12O3/c1-7(11(13)14)9-3-5-10(6-4-9)8(2)12/h3-7H,1-2H3,(H,13,14)/i1D3.